The minimum atomic E-state index is -0.788. The molecule has 126 valence electrons. The minimum Gasteiger partial charge on any atom is -0.493 e. The first-order chi connectivity index (χ1) is 11.5. The van der Waals surface area contributed by atoms with Gasteiger partial charge in [-0.2, -0.15) is 0 Å². The average molecular weight is 333 g/mol. The SMILES string of the molecule is COc1cc(C(=O)Oc2ccccc2[N+](=O)[O-])cc(OC)c1OC. The number of methoxy groups -OCH3 is 3. The molecule has 0 spiro atoms. The van der Waals surface area contributed by atoms with Gasteiger partial charge in [0, 0.05) is 6.07 Å². The topological polar surface area (TPSA) is 97.1 Å². The molecule has 8 heteroatoms. The molecule has 0 amide bonds. The van der Waals surface area contributed by atoms with Gasteiger partial charge in [-0.15, -0.1) is 0 Å². The summed E-state index contributed by atoms with van der Waals surface area (Å²) in [4.78, 5) is 22.7. The Balaban J connectivity index is 2.39. The molecule has 8 nitrogen and oxygen atoms in total. The second-order valence-electron chi connectivity index (χ2n) is 4.53. The van der Waals surface area contributed by atoms with Crippen LogP contribution >= 0.6 is 0 Å². The van der Waals surface area contributed by atoms with Crippen molar-refractivity contribution in [1.82, 2.24) is 0 Å². The highest BCUT2D eigenvalue weighted by atomic mass is 16.6. The maximum absolute atomic E-state index is 12.3. The molecule has 0 fully saturated rings. The van der Waals surface area contributed by atoms with E-state index in [-0.39, 0.29) is 28.5 Å². The fourth-order valence-corrected chi connectivity index (χ4v) is 2.05. The second kappa shape index (κ2) is 7.32. The molecule has 0 aromatic heterocycles. The number of hydrogen-bond donors (Lipinski definition) is 0. The Morgan fingerprint density at radius 3 is 2.04 bits per heavy atom. The molecule has 2 aromatic carbocycles. The highest BCUT2D eigenvalue weighted by molar-refractivity contribution is 5.93. The number of nitro benzene ring substituents is 1. The molecule has 24 heavy (non-hydrogen) atoms. The van der Waals surface area contributed by atoms with Gasteiger partial charge in [-0.05, 0) is 18.2 Å². The average Bonchev–Trinajstić information content (AvgIpc) is 2.60. The number of nitrogens with zero attached hydrogens (tertiary/aromatic N) is 1. The Hall–Kier alpha value is -3.29. The number of ether oxygens (including phenoxy) is 4. The fourth-order valence-electron chi connectivity index (χ4n) is 2.05. The van der Waals surface area contributed by atoms with Gasteiger partial charge in [0.1, 0.15) is 0 Å². The number of benzene rings is 2. The van der Waals surface area contributed by atoms with E-state index in [1.807, 2.05) is 0 Å². The number of rotatable bonds is 6. The third kappa shape index (κ3) is 3.37. The molecule has 0 saturated heterocycles. The smallest absolute Gasteiger partial charge is 0.344 e. The van der Waals surface area contributed by atoms with Gasteiger partial charge >= 0.3 is 11.7 Å². The van der Waals surface area contributed by atoms with Crippen LogP contribution in [0.15, 0.2) is 36.4 Å². The van der Waals surface area contributed by atoms with Crippen molar-refractivity contribution < 1.29 is 28.7 Å². The van der Waals surface area contributed by atoms with E-state index < -0.39 is 10.9 Å². The van der Waals surface area contributed by atoms with Crippen LogP contribution in [0.25, 0.3) is 0 Å². The summed E-state index contributed by atoms with van der Waals surface area (Å²) in [5.74, 6) is -0.0789. The zero-order valence-electron chi connectivity index (χ0n) is 13.3. The lowest BCUT2D eigenvalue weighted by atomic mass is 10.2. The van der Waals surface area contributed by atoms with Gasteiger partial charge < -0.3 is 18.9 Å². The third-order valence-electron chi connectivity index (χ3n) is 3.17. The molecule has 2 aromatic rings. The predicted molar refractivity (Wildman–Crippen MR) is 84.2 cm³/mol. The monoisotopic (exact) mass is 333 g/mol. The zero-order chi connectivity index (χ0) is 17.7. The summed E-state index contributed by atoms with van der Waals surface area (Å²) in [5, 5.41) is 11.0. The standard InChI is InChI=1S/C16H15NO7/c1-21-13-8-10(9-14(22-2)15(13)23-3)16(18)24-12-7-5-4-6-11(12)17(19)20/h4-9H,1-3H3. The molecule has 0 aliphatic carbocycles. The number of hydrogen-bond acceptors (Lipinski definition) is 7. The summed E-state index contributed by atoms with van der Waals surface area (Å²) in [6, 6.07) is 8.41. The van der Waals surface area contributed by atoms with Gasteiger partial charge in [0.25, 0.3) is 0 Å². The Morgan fingerprint density at radius 2 is 1.54 bits per heavy atom. The van der Waals surface area contributed by atoms with Gasteiger partial charge in [-0.25, -0.2) is 4.79 Å². The van der Waals surface area contributed by atoms with Crippen LogP contribution in [0.2, 0.25) is 0 Å². The summed E-state index contributed by atoms with van der Waals surface area (Å²) in [6.07, 6.45) is 0. The third-order valence-corrected chi connectivity index (χ3v) is 3.17. The first kappa shape index (κ1) is 17.1. The molecule has 0 aliphatic heterocycles. The van der Waals surface area contributed by atoms with Crippen LogP contribution in [0.5, 0.6) is 23.0 Å². The minimum absolute atomic E-state index is 0.0997. The van der Waals surface area contributed by atoms with E-state index in [0.717, 1.165) is 0 Å². The summed E-state index contributed by atoms with van der Waals surface area (Å²) in [7, 11) is 4.26. The van der Waals surface area contributed by atoms with E-state index in [9.17, 15) is 14.9 Å². The lowest BCUT2D eigenvalue weighted by Crippen LogP contribution is -2.10. The quantitative estimate of drug-likeness (QED) is 0.347. The molecule has 0 saturated carbocycles. The van der Waals surface area contributed by atoms with Gasteiger partial charge in [-0.1, -0.05) is 12.1 Å². The maximum atomic E-state index is 12.3. The first-order valence-electron chi connectivity index (χ1n) is 6.77. The number of esters is 1. The zero-order valence-corrected chi connectivity index (χ0v) is 13.3. The van der Waals surface area contributed by atoms with Crippen LogP contribution in [0.1, 0.15) is 10.4 Å². The molecule has 0 atom stereocenters. The van der Waals surface area contributed by atoms with Gasteiger partial charge in [-0.3, -0.25) is 10.1 Å². The molecule has 0 radical (unpaired) electrons. The second-order valence-corrected chi connectivity index (χ2v) is 4.53. The van der Waals surface area contributed by atoms with E-state index in [2.05, 4.69) is 0 Å². The Kier molecular flexibility index (Phi) is 5.20. The van der Waals surface area contributed by atoms with Crippen LogP contribution < -0.4 is 18.9 Å². The van der Waals surface area contributed by atoms with Crippen molar-refractivity contribution in [2.24, 2.45) is 0 Å². The van der Waals surface area contributed by atoms with E-state index in [1.54, 1.807) is 0 Å². The number of carbonyl (C=O) groups is 1. The first-order valence-corrected chi connectivity index (χ1v) is 6.77. The molecule has 0 unspecified atom stereocenters. The summed E-state index contributed by atoms with van der Waals surface area (Å²) in [5.41, 5.74) is -0.207. The predicted octanol–water partition coefficient (Wildman–Crippen LogP) is 2.84. The number of carbonyl (C=O) groups excluding carboxylic acids is 1. The van der Waals surface area contributed by atoms with Crippen LogP contribution in [0.3, 0.4) is 0 Å². The molecule has 0 aliphatic rings. The van der Waals surface area contributed by atoms with Crippen molar-refractivity contribution in [2.45, 2.75) is 0 Å². The summed E-state index contributed by atoms with van der Waals surface area (Å²) < 4.78 is 20.6. The Morgan fingerprint density at radius 1 is 0.958 bits per heavy atom. The van der Waals surface area contributed by atoms with Crippen molar-refractivity contribution in [1.29, 1.82) is 0 Å². The molecular formula is C16H15NO7. The van der Waals surface area contributed by atoms with Crippen molar-refractivity contribution in [3.8, 4) is 23.0 Å². The van der Waals surface area contributed by atoms with Crippen LogP contribution in [-0.4, -0.2) is 32.2 Å². The molecule has 0 heterocycles. The lowest BCUT2D eigenvalue weighted by molar-refractivity contribution is -0.385. The highest BCUT2D eigenvalue weighted by Crippen LogP contribution is 2.38. The Bertz CT molecular complexity index is 748. The van der Waals surface area contributed by atoms with Crippen molar-refractivity contribution in [3.63, 3.8) is 0 Å². The summed E-state index contributed by atoms with van der Waals surface area (Å²) >= 11 is 0. The summed E-state index contributed by atoms with van der Waals surface area (Å²) in [6.45, 7) is 0. The molecule has 0 N–H and O–H groups in total. The fraction of sp³-hybridized carbons (Fsp3) is 0.188. The van der Waals surface area contributed by atoms with Crippen molar-refractivity contribution >= 4 is 11.7 Å². The normalized spacial score (nSPS) is 9.96. The van der Waals surface area contributed by atoms with E-state index in [1.165, 1.54) is 57.7 Å². The lowest BCUT2D eigenvalue weighted by Gasteiger charge is -2.13. The largest absolute Gasteiger partial charge is 0.493 e. The van der Waals surface area contributed by atoms with E-state index in [0.29, 0.717) is 5.75 Å². The van der Waals surface area contributed by atoms with E-state index in [4.69, 9.17) is 18.9 Å². The molecule has 0 bridgehead atoms. The van der Waals surface area contributed by atoms with Crippen molar-refractivity contribution in [2.75, 3.05) is 21.3 Å². The van der Waals surface area contributed by atoms with Gasteiger partial charge in [0.05, 0.1) is 31.8 Å². The van der Waals surface area contributed by atoms with Crippen LogP contribution in [0.4, 0.5) is 5.69 Å². The molecular weight excluding hydrogens is 318 g/mol. The Labute approximate surface area is 137 Å². The van der Waals surface area contributed by atoms with E-state index >= 15 is 0 Å². The molecule has 2 rings (SSSR count). The van der Waals surface area contributed by atoms with Gasteiger partial charge in [0.15, 0.2) is 11.5 Å². The van der Waals surface area contributed by atoms with Gasteiger partial charge in [0.2, 0.25) is 11.5 Å². The van der Waals surface area contributed by atoms with Crippen molar-refractivity contribution in [3.05, 3.63) is 52.1 Å². The maximum Gasteiger partial charge on any atom is 0.344 e. The van der Waals surface area contributed by atoms with Crippen LogP contribution in [-0.2, 0) is 0 Å². The number of para-hydroxylation sites is 2. The number of nitro groups is 1. The highest BCUT2D eigenvalue weighted by Gasteiger charge is 2.21. The van der Waals surface area contributed by atoms with Crippen LogP contribution in [0, 0.1) is 10.1 Å².